The van der Waals surface area contributed by atoms with E-state index in [1.807, 2.05) is 0 Å². The summed E-state index contributed by atoms with van der Waals surface area (Å²) >= 11 is 0. The number of carboxylic acid groups (broad SMARTS) is 1. The number of hydrogen-bond donors (Lipinski definition) is 3. The Labute approximate surface area is 102 Å². The van der Waals surface area contributed by atoms with Crippen molar-refractivity contribution in [3.63, 3.8) is 0 Å². The molecular formula is C12H22N2O3. The van der Waals surface area contributed by atoms with Crippen molar-refractivity contribution < 1.29 is 14.7 Å². The van der Waals surface area contributed by atoms with Crippen molar-refractivity contribution in [1.29, 1.82) is 0 Å². The van der Waals surface area contributed by atoms with Crippen LogP contribution in [-0.2, 0) is 9.59 Å². The maximum absolute atomic E-state index is 10.9. The third-order valence-corrected chi connectivity index (χ3v) is 3.69. The molecule has 0 aromatic rings. The Bertz CT molecular complexity index is 282. The van der Waals surface area contributed by atoms with E-state index in [0.29, 0.717) is 5.41 Å². The van der Waals surface area contributed by atoms with E-state index in [9.17, 15) is 9.59 Å². The lowest BCUT2D eigenvalue weighted by atomic mass is 9.67. The summed E-state index contributed by atoms with van der Waals surface area (Å²) in [5, 5.41) is 14.5. The number of rotatable bonds is 7. The molecule has 5 heteroatoms. The molecule has 0 aromatic heterocycles. The zero-order valence-corrected chi connectivity index (χ0v) is 10.6. The highest BCUT2D eigenvalue weighted by Crippen LogP contribution is 2.42. The fraction of sp³-hybridized carbons (Fsp3) is 0.833. The van der Waals surface area contributed by atoms with Crippen molar-refractivity contribution in [2.75, 3.05) is 13.1 Å². The number of carbonyl (C=O) groups is 2. The molecule has 0 heterocycles. The second-order valence-electron chi connectivity index (χ2n) is 4.93. The van der Waals surface area contributed by atoms with Crippen LogP contribution in [0.3, 0.4) is 0 Å². The molecule has 0 aliphatic heterocycles. The summed E-state index contributed by atoms with van der Waals surface area (Å²) < 4.78 is 0. The van der Waals surface area contributed by atoms with Crippen molar-refractivity contribution in [3.05, 3.63) is 0 Å². The molecule has 0 radical (unpaired) electrons. The number of carboxylic acids is 1. The minimum Gasteiger partial charge on any atom is -0.480 e. The smallest absolute Gasteiger partial charge is 0.327 e. The average Bonchev–Trinajstić information content (AvgIpc) is 2.19. The minimum absolute atomic E-state index is 0.288. The van der Waals surface area contributed by atoms with Crippen molar-refractivity contribution in [2.45, 2.75) is 45.6 Å². The minimum atomic E-state index is -0.994. The van der Waals surface area contributed by atoms with Gasteiger partial charge in [0.1, 0.15) is 6.04 Å². The molecule has 1 rings (SSSR count). The Morgan fingerprint density at radius 1 is 1.41 bits per heavy atom. The van der Waals surface area contributed by atoms with Crippen LogP contribution in [0, 0.1) is 5.41 Å². The molecule has 0 spiro atoms. The summed E-state index contributed by atoms with van der Waals surface area (Å²) in [7, 11) is 0. The first kappa shape index (κ1) is 14.0. The molecule has 3 N–H and O–H groups in total. The Kier molecular flexibility index (Phi) is 4.93. The fourth-order valence-electron chi connectivity index (χ4n) is 2.26. The van der Waals surface area contributed by atoms with Gasteiger partial charge in [0, 0.05) is 20.0 Å². The van der Waals surface area contributed by atoms with Crippen molar-refractivity contribution >= 4 is 11.9 Å². The first-order valence-corrected chi connectivity index (χ1v) is 6.20. The molecule has 1 unspecified atom stereocenters. The number of hydrogen-bond acceptors (Lipinski definition) is 3. The van der Waals surface area contributed by atoms with Gasteiger partial charge < -0.3 is 15.7 Å². The zero-order valence-electron chi connectivity index (χ0n) is 10.6. The molecule has 1 aliphatic carbocycles. The zero-order chi connectivity index (χ0) is 12.9. The van der Waals surface area contributed by atoms with Crippen molar-refractivity contribution in [3.8, 4) is 0 Å². The van der Waals surface area contributed by atoms with Crippen LogP contribution in [0.4, 0.5) is 0 Å². The van der Waals surface area contributed by atoms with E-state index in [4.69, 9.17) is 5.11 Å². The maximum atomic E-state index is 10.9. The van der Waals surface area contributed by atoms with Crippen LogP contribution in [0.2, 0.25) is 0 Å². The molecule has 1 saturated carbocycles. The van der Waals surface area contributed by atoms with Gasteiger partial charge in [-0.05, 0) is 24.7 Å². The molecule has 0 aromatic carbocycles. The molecule has 0 saturated heterocycles. The molecule has 1 aliphatic rings. The lowest BCUT2D eigenvalue weighted by Crippen LogP contribution is -2.49. The summed E-state index contributed by atoms with van der Waals surface area (Å²) in [6.45, 7) is 4.63. The SMILES string of the molecule is CCC1(CNCC(NC(C)=O)C(=O)O)CCC1. The highest BCUT2D eigenvalue weighted by molar-refractivity contribution is 5.82. The normalized spacial score (nSPS) is 19.2. The highest BCUT2D eigenvalue weighted by atomic mass is 16.4. The first-order valence-electron chi connectivity index (χ1n) is 6.20. The quantitative estimate of drug-likeness (QED) is 0.615. The van der Waals surface area contributed by atoms with Crippen LogP contribution < -0.4 is 10.6 Å². The second kappa shape index (κ2) is 6.00. The monoisotopic (exact) mass is 242 g/mol. The standard InChI is InChI=1S/C12H22N2O3/c1-3-12(5-4-6-12)8-13-7-10(11(16)17)14-9(2)15/h10,13H,3-8H2,1-2H3,(H,14,15)(H,16,17). The number of aliphatic carboxylic acids is 1. The van der Waals surface area contributed by atoms with Crippen LogP contribution in [0.15, 0.2) is 0 Å². The molecule has 17 heavy (non-hydrogen) atoms. The van der Waals surface area contributed by atoms with Crippen LogP contribution >= 0.6 is 0 Å². The van der Waals surface area contributed by atoms with Crippen molar-refractivity contribution in [2.24, 2.45) is 5.41 Å². The fourth-order valence-corrected chi connectivity index (χ4v) is 2.26. The lowest BCUT2D eigenvalue weighted by molar-refractivity contribution is -0.141. The summed E-state index contributed by atoms with van der Waals surface area (Å²) in [6.07, 6.45) is 4.82. The van der Waals surface area contributed by atoms with Gasteiger partial charge in [-0.2, -0.15) is 0 Å². The van der Waals surface area contributed by atoms with Gasteiger partial charge in [-0.3, -0.25) is 4.79 Å². The number of carbonyl (C=O) groups excluding carboxylic acids is 1. The van der Waals surface area contributed by atoms with Gasteiger partial charge >= 0.3 is 5.97 Å². The maximum Gasteiger partial charge on any atom is 0.327 e. The van der Waals surface area contributed by atoms with E-state index in [1.165, 1.54) is 26.2 Å². The van der Waals surface area contributed by atoms with Crippen LogP contribution in [0.25, 0.3) is 0 Å². The Morgan fingerprint density at radius 2 is 2.06 bits per heavy atom. The first-order chi connectivity index (χ1) is 7.99. The summed E-state index contributed by atoms with van der Waals surface area (Å²) in [4.78, 5) is 21.7. The largest absolute Gasteiger partial charge is 0.480 e. The van der Waals surface area contributed by atoms with Gasteiger partial charge in [-0.25, -0.2) is 4.79 Å². The van der Waals surface area contributed by atoms with Gasteiger partial charge in [-0.1, -0.05) is 13.3 Å². The Morgan fingerprint density at radius 3 is 2.41 bits per heavy atom. The number of nitrogens with one attached hydrogen (secondary N) is 2. The van der Waals surface area contributed by atoms with Gasteiger partial charge in [-0.15, -0.1) is 0 Å². The lowest BCUT2D eigenvalue weighted by Gasteiger charge is -2.41. The van der Waals surface area contributed by atoms with E-state index in [0.717, 1.165) is 13.0 Å². The third-order valence-electron chi connectivity index (χ3n) is 3.69. The summed E-state index contributed by atoms with van der Waals surface area (Å²) in [6, 6.07) is -0.832. The molecule has 1 atom stereocenters. The van der Waals surface area contributed by atoms with Crippen LogP contribution in [-0.4, -0.2) is 36.1 Å². The number of amides is 1. The van der Waals surface area contributed by atoms with E-state index in [2.05, 4.69) is 17.6 Å². The van der Waals surface area contributed by atoms with E-state index in [1.54, 1.807) is 0 Å². The predicted molar refractivity (Wildman–Crippen MR) is 64.7 cm³/mol. The topological polar surface area (TPSA) is 78.4 Å². The molecule has 5 nitrogen and oxygen atoms in total. The Balaban J connectivity index is 2.31. The molecular weight excluding hydrogens is 220 g/mol. The average molecular weight is 242 g/mol. The van der Waals surface area contributed by atoms with E-state index < -0.39 is 12.0 Å². The molecule has 0 bridgehead atoms. The molecule has 1 fully saturated rings. The highest BCUT2D eigenvalue weighted by Gasteiger charge is 2.34. The van der Waals surface area contributed by atoms with Gasteiger partial charge in [0.2, 0.25) is 5.91 Å². The van der Waals surface area contributed by atoms with Gasteiger partial charge in [0.25, 0.3) is 0 Å². The summed E-state index contributed by atoms with van der Waals surface area (Å²) in [5.74, 6) is -1.31. The van der Waals surface area contributed by atoms with Gasteiger partial charge in [0.15, 0.2) is 0 Å². The van der Waals surface area contributed by atoms with E-state index >= 15 is 0 Å². The van der Waals surface area contributed by atoms with Crippen molar-refractivity contribution in [1.82, 2.24) is 10.6 Å². The van der Waals surface area contributed by atoms with E-state index in [-0.39, 0.29) is 12.5 Å². The predicted octanol–water partition coefficient (Wildman–Crippen LogP) is 0.746. The second-order valence-corrected chi connectivity index (χ2v) is 4.93. The van der Waals surface area contributed by atoms with Gasteiger partial charge in [0.05, 0.1) is 0 Å². The van der Waals surface area contributed by atoms with Crippen LogP contribution in [0.5, 0.6) is 0 Å². The molecule has 1 amide bonds. The summed E-state index contributed by atoms with van der Waals surface area (Å²) in [5.41, 5.74) is 0.360. The van der Waals surface area contributed by atoms with Crippen LogP contribution in [0.1, 0.15) is 39.5 Å². The third kappa shape index (κ3) is 4.00. The Hall–Kier alpha value is -1.10. The molecule has 98 valence electrons.